The average molecular weight is 460 g/mol. The number of guanidine groups is 1. The first kappa shape index (κ1) is 21.5. The molecule has 1 unspecified atom stereocenters. The first-order valence-electron chi connectivity index (χ1n) is 8.65. The minimum absolute atomic E-state index is 0. The molecule has 1 amide bonds. The molecule has 7 heteroatoms. The van der Waals surface area contributed by atoms with Crippen LogP contribution in [0.5, 0.6) is 5.75 Å². The lowest BCUT2D eigenvalue weighted by Gasteiger charge is -2.18. The van der Waals surface area contributed by atoms with Gasteiger partial charge in [-0.1, -0.05) is 25.1 Å². The van der Waals surface area contributed by atoms with Crippen molar-refractivity contribution >= 4 is 35.8 Å². The van der Waals surface area contributed by atoms with Crippen molar-refractivity contribution in [1.82, 2.24) is 15.5 Å². The number of amides is 1. The fourth-order valence-corrected chi connectivity index (χ4v) is 2.70. The number of benzene rings is 1. The molecule has 140 valence electrons. The van der Waals surface area contributed by atoms with Crippen LogP contribution in [-0.4, -0.2) is 56.1 Å². The second-order valence-electron chi connectivity index (χ2n) is 5.84. The van der Waals surface area contributed by atoms with E-state index >= 15 is 0 Å². The molecule has 0 bridgehead atoms. The quantitative estimate of drug-likeness (QED) is 0.284. The number of nitrogens with one attached hydrogen (secondary N) is 2. The van der Waals surface area contributed by atoms with E-state index in [2.05, 4.69) is 15.6 Å². The molecule has 1 aromatic rings. The first-order chi connectivity index (χ1) is 11.7. The molecular weight excluding hydrogens is 431 g/mol. The van der Waals surface area contributed by atoms with Crippen LogP contribution in [0.1, 0.15) is 26.2 Å². The number of likely N-dealkylation sites (tertiary alicyclic amines) is 1. The van der Waals surface area contributed by atoms with Gasteiger partial charge >= 0.3 is 0 Å². The van der Waals surface area contributed by atoms with Gasteiger partial charge in [0.1, 0.15) is 5.75 Å². The molecule has 1 aliphatic rings. The predicted octanol–water partition coefficient (Wildman–Crippen LogP) is 2.25. The van der Waals surface area contributed by atoms with Crippen LogP contribution in [0.15, 0.2) is 35.3 Å². The summed E-state index contributed by atoms with van der Waals surface area (Å²) in [7, 11) is 1.76. The number of nitrogens with zero attached hydrogens (tertiary/aromatic N) is 2. The molecule has 0 aliphatic carbocycles. The topological polar surface area (TPSA) is 66.0 Å². The van der Waals surface area contributed by atoms with Crippen molar-refractivity contribution < 1.29 is 9.53 Å². The van der Waals surface area contributed by atoms with E-state index in [-0.39, 0.29) is 35.9 Å². The van der Waals surface area contributed by atoms with E-state index in [0.717, 1.165) is 44.2 Å². The van der Waals surface area contributed by atoms with E-state index in [9.17, 15) is 4.79 Å². The van der Waals surface area contributed by atoms with Crippen molar-refractivity contribution in [3.05, 3.63) is 30.3 Å². The molecular formula is C18H29IN4O2. The Hall–Kier alpha value is -1.51. The minimum atomic E-state index is 0. The van der Waals surface area contributed by atoms with Crippen LogP contribution in [0.2, 0.25) is 0 Å². The molecule has 1 aliphatic heterocycles. The van der Waals surface area contributed by atoms with Crippen LogP contribution in [0.3, 0.4) is 0 Å². The molecule has 1 heterocycles. The maximum absolute atomic E-state index is 11.7. The number of rotatable bonds is 7. The molecule has 1 saturated heterocycles. The zero-order valence-electron chi connectivity index (χ0n) is 15.0. The predicted molar refractivity (Wildman–Crippen MR) is 112 cm³/mol. The summed E-state index contributed by atoms with van der Waals surface area (Å²) >= 11 is 0. The number of para-hydroxylation sites is 1. The van der Waals surface area contributed by atoms with Crippen molar-refractivity contribution in [2.75, 3.05) is 33.3 Å². The number of ether oxygens (including phenoxy) is 1. The number of hydrogen-bond acceptors (Lipinski definition) is 3. The summed E-state index contributed by atoms with van der Waals surface area (Å²) in [5.41, 5.74) is 0. The Kier molecular flexibility index (Phi) is 10.3. The van der Waals surface area contributed by atoms with E-state index in [1.165, 1.54) is 0 Å². The highest BCUT2D eigenvalue weighted by atomic mass is 127. The van der Waals surface area contributed by atoms with E-state index in [1.807, 2.05) is 42.2 Å². The van der Waals surface area contributed by atoms with Crippen molar-refractivity contribution in [3.8, 4) is 5.75 Å². The van der Waals surface area contributed by atoms with Gasteiger partial charge in [0.25, 0.3) is 0 Å². The van der Waals surface area contributed by atoms with Crippen molar-refractivity contribution in [3.63, 3.8) is 0 Å². The van der Waals surface area contributed by atoms with Gasteiger partial charge in [0, 0.05) is 39.1 Å². The van der Waals surface area contributed by atoms with Gasteiger partial charge < -0.3 is 20.3 Å². The number of hydrogen-bond donors (Lipinski definition) is 2. The van der Waals surface area contributed by atoms with E-state index in [1.54, 1.807) is 7.05 Å². The molecule has 2 N–H and O–H groups in total. The maximum Gasteiger partial charge on any atom is 0.222 e. The van der Waals surface area contributed by atoms with E-state index in [0.29, 0.717) is 13.0 Å². The number of carbonyl (C=O) groups excluding carboxylic acids is 1. The molecule has 1 atom stereocenters. The SMILES string of the molecule is CCC(=O)N1CCC(NC(=NC)NCCCOc2ccccc2)C1.I. The third-order valence-corrected chi connectivity index (χ3v) is 4.03. The van der Waals surface area contributed by atoms with Crippen molar-refractivity contribution in [2.45, 2.75) is 32.2 Å². The number of halogens is 1. The Morgan fingerprint density at radius 2 is 2.12 bits per heavy atom. The highest BCUT2D eigenvalue weighted by Gasteiger charge is 2.25. The Balaban J connectivity index is 0.00000312. The van der Waals surface area contributed by atoms with Crippen LogP contribution < -0.4 is 15.4 Å². The Labute approximate surface area is 167 Å². The molecule has 0 aromatic heterocycles. The van der Waals surface area contributed by atoms with Gasteiger partial charge in [0.2, 0.25) is 5.91 Å². The van der Waals surface area contributed by atoms with Gasteiger partial charge in [0.05, 0.1) is 6.61 Å². The normalized spacial score (nSPS) is 17.0. The minimum Gasteiger partial charge on any atom is -0.494 e. The smallest absolute Gasteiger partial charge is 0.222 e. The fourth-order valence-electron chi connectivity index (χ4n) is 2.70. The summed E-state index contributed by atoms with van der Waals surface area (Å²) in [6, 6.07) is 10.1. The second-order valence-corrected chi connectivity index (χ2v) is 5.84. The van der Waals surface area contributed by atoms with Crippen LogP contribution in [0.4, 0.5) is 0 Å². The highest BCUT2D eigenvalue weighted by Crippen LogP contribution is 2.10. The fraction of sp³-hybridized carbons (Fsp3) is 0.556. The van der Waals surface area contributed by atoms with Crippen molar-refractivity contribution in [1.29, 1.82) is 0 Å². The Bertz CT molecular complexity index is 539. The van der Waals surface area contributed by atoms with Crippen LogP contribution in [0.25, 0.3) is 0 Å². The zero-order valence-corrected chi connectivity index (χ0v) is 17.4. The first-order valence-corrected chi connectivity index (χ1v) is 8.65. The lowest BCUT2D eigenvalue weighted by molar-refractivity contribution is -0.129. The number of carbonyl (C=O) groups is 1. The third-order valence-electron chi connectivity index (χ3n) is 4.03. The van der Waals surface area contributed by atoms with Crippen LogP contribution in [0, 0.1) is 0 Å². The summed E-state index contributed by atoms with van der Waals surface area (Å²) < 4.78 is 5.66. The van der Waals surface area contributed by atoms with Gasteiger partial charge in [-0.3, -0.25) is 9.79 Å². The molecule has 0 radical (unpaired) electrons. The average Bonchev–Trinajstić information content (AvgIpc) is 3.09. The second kappa shape index (κ2) is 11.9. The summed E-state index contributed by atoms with van der Waals surface area (Å²) in [5, 5.41) is 6.68. The molecule has 1 fully saturated rings. The molecule has 6 nitrogen and oxygen atoms in total. The van der Waals surface area contributed by atoms with E-state index < -0.39 is 0 Å². The monoisotopic (exact) mass is 460 g/mol. The van der Waals surface area contributed by atoms with Gasteiger partial charge in [-0.05, 0) is 25.0 Å². The summed E-state index contributed by atoms with van der Waals surface area (Å²) in [4.78, 5) is 17.9. The van der Waals surface area contributed by atoms with Gasteiger partial charge in [0.15, 0.2) is 5.96 Å². The molecule has 1 aromatic carbocycles. The number of aliphatic imine (C=N–C) groups is 1. The van der Waals surface area contributed by atoms with Crippen LogP contribution >= 0.6 is 24.0 Å². The molecule has 25 heavy (non-hydrogen) atoms. The Morgan fingerprint density at radius 1 is 1.36 bits per heavy atom. The van der Waals surface area contributed by atoms with Gasteiger partial charge in [-0.15, -0.1) is 24.0 Å². The standard InChI is InChI=1S/C18H28N4O2.HI/c1-3-17(23)22-12-10-15(14-22)21-18(19-2)20-11-7-13-24-16-8-5-4-6-9-16;/h4-6,8-9,15H,3,7,10-14H2,1-2H3,(H2,19,20,21);1H. The third kappa shape index (κ3) is 7.50. The lowest BCUT2D eigenvalue weighted by Crippen LogP contribution is -2.45. The maximum atomic E-state index is 11.7. The Morgan fingerprint density at radius 3 is 2.80 bits per heavy atom. The van der Waals surface area contributed by atoms with Gasteiger partial charge in [-0.2, -0.15) is 0 Å². The van der Waals surface area contributed by atoms with Crippen LogP contribution in [-0.2, 0) is 4.79 Å². The lowest BCUT2D eigenvalue weighted by atomic mass is 10.3. The summed E-state index contributed by atoms with van der Waals surface area (Å²) in [5.74, 6) is 1.90. The largest absolute Gasteiger partial charge is 0.494 e. The summed E-state index contributed by atoms with van der Waals surface area (Å²) in [6.45, 7) is 4.94. The summed E-state index contributed by atoms with van der Waals surface area (Å²) in [6.07, 6.45) is 2.42. The molecule has 0 saturated carbocycles. The highest BCUT2D eigenvalue weighted by molar-refractivity contribution is 14.0. The van der Waals surface area contributed by atoms with Crippen molar-refractivity contribution in [2.24, 2.45) is 4.99 Å². The van der Waals surface area contributed by atoms with E-state index in [4.69, 9.17) is 4.74 Å². The molecule has 2 rings (SSSR count). The van der Waals surface area contributed by atoms with Gasteiger partial charge in [-0.25, -0.2) is 0 Å². The molecule has 0 spiro atoms. The zero-order chi connectivity index (χ0) is 17.2.